The molecule has 0 amide bonds. The minimum atomic E-state index is 0.157. The molecule has 29 heavy (non-hydrogen) atoms. The first-order valence-corrected chi connectivity index (χ1v) is 9.39. The topological polar surface area (TPSA) is 120 Å². The van der Waals surface area contributed by atoms with Crippen molar-refractivity contribution in [2.45, 2.75) is 18.5 Å². The molecule has 5 rings (SSSR count). The lowest BCUT2D eigenvalue weighted by Gasteiger charge is -2.10. The van der Waals surface area contributed by atoms with Crippen LogP contribution in [0.2, 0.25) is 0 Å². The Kier molecular flexibility index (Phi) is 4.35. The first-order valence-electron chi connectivity index (χ1n) is 9.39. The van der Waals surface area contributed by atoms with E-state index >= 15 is 0 Å². The number of anilines is 1. The zero-order chi connectivity index (χ0) is 19.8. The lowest BCUT2D eigenvalue weighted by Crippen LogP contribution is -2.25. The van der Waals surface area contributed by atoms with Gasteiger partial charge in [-0.05, 0) is 30.5 Å². The molecule has 146 valence electrons. The number of hydrogen-bond donors (Lipinski definition) is 3. The molecule has 1 saturated heterocycles. The largest absolute Gasteiger partial charge is 0.383 e. The molecule has 4 aromatic rings. The molecule has 1 aromatic carbocycles. The van der Waals surface area contributed by atoms with Crippen molar-refractivity contribution in [1.29, 1.82) is 0 Å². The smallest absolute Gasteiger partial charge is 0.164 e. The van der Waals surface area contributed by atoms with E-state index in [1.165, 1.54) is 6.33 Å². The van der Waals surface area contributed by atoms with Crippen LogP contribution in [0.15, 0.2) is 30.7 Å². The van der Waals surface area contributed by atoms with Crippen LogP contribution in [0.1, 0.15) is 23.7 Å². The van der Waals surface area contributed by atoms with Crippen LogP contribution in [0.4, 0.5) is 5.82 Å². The van der Waals surface area contributed by atoms with E-state index in [1.807, 2.05) is 22.9 Å². The highest BCUT2D eigenvalue weighted by atomic mass is 16.5. The summed E-state index contributed by atoms with van der Waals surface area (Å²) in [4.78, 5) is 8.58. The van der Waals surface area contributed by atoms with E-state index in [4.69, 9.17) is 15.6 Å². The highest BCUT2D eigenvalue weighted by molar-refractivity contribution is 5.90. The zero-order valence-corrected chi connectivity index (χ0v) is 15.9. The van der Waals surface area contributed by atoms with Crippen molar-refractivity contribution in [1.82, 2.24) is 35.3 Å². The van der Waals surface area contributed by atoms with E-state index in [0.29, 0.717) is 35.2 Å². The van der Waals surface area contributed by atoms with Gasteiger partial charge in [0.2, 0.25) is 0 Å². The summed E-state index contributed by atoms with van der Waals surface area (Å²) in [5.41, 5.74) is 9.29. The Bertz CT molecular complexity index is 1250. The number of nitrogens with zero attached hydrogens (tertiary/aromatic N) is 5. The van der Waals surface area contributed by atoms with Gasteiger partial charge in [-0.15, -0.1) is 0 Å². The minimum absolute atomic E-state index is 0.157. The number of benzene rings is 1. The molecular weight excluding hydrogens is 368 g/mol. The fourth-order valence-electron chi connectivity index (χ4n) is 3.80. The summed E-state index contributed by atoms with van der Waals surface area (Å²) in [5, 5.41) is 16.9. The predicted molar refractivity (Wildman–Crippen MR) is 109 cm³/mol. The Balaban J connectivity index is 1.54. The van der Waals surface area contributed by atoms with Crippen LogP contribution in [0.5, 0.6) is 0 Å². The highest BCUT2D eigenvalue weighted by Gasteiger charge is 2.28. The SMILES string of the molecule is COC[C@H]1C[C@H](n2nc(C#Cc3ccc4[nH]ncc4c3)c3c(N)ncnc32)CN1. The van der Waals surface area contributed by atoms with Crippen LogP contribution in [-0.4, -0.2) is 56.2 Å². The van der Waals surface area contributed by atoms with Gasteiger partial charge in [-0.25, -0.2) is 14.6 Å². The molecule has 2 atom stereocenters. The number of aromatic amines is 1. The molecule has 0 aliphatic carbocycles. The number of methoxy groups -OCH3 is 1. The standard InChI is InChI=1S/C20H20N8O/c1-29-10-14-7-15(9-22-14)28-20-18(19(21)23-11-24-20)17(27-28)5-3-12-2-4-16-13(6-12)8-25-26-16/h2,4,6,8,11,14-15,22H,7,9-10H2,1H3,(H,25,26)(H2,21,23,24)/t14-,15+/m1/s1. The van der Waals surface area contributed by atoms with Gasteiger partial charge in [-0.3, -0.25) is 5.10 Å². The van der Waals surface area contributed by atoms with E-state index in [0.717, 1.165) is 29.4 Å². The van der Waals surface area contributed by atoms with Gasteiger partial charge < -0.3 is 15.8 Å². The lowest BCUT2D eigenvalue weighted by molar-refractivity contribution is 0.172. The van der Waals surface area contributed by atoms with Crippen LogP contribution in [0.3, 0.4) is 0 Å². The van der Waals surface area contributed by atoms with Gasteiger partial charge >= 0.3 is 0 Å². The van der Waals surface area contributed by atoms with Crippen LogP contribution in [0.25, 0.3) is 21.9 Å². The van der Waals surface area contributed by atoms with Crippen LogP contribution in [0, 0.1) is 11.8 Å². The molecule has 1 aliphatic rings. The Morgan fingerprint density at radius 3 is 3.14 bits per heavy atom. The Morgan fingerprint density at radius 2 is 2.24 bits per heavy atom. The van der Waals surface area contributed by atoms with E-state index in [2.05, 4.69) is 37.3 Å². The monoisotopic (exact) mass is 388 g/mol. The van der Waals surface area contributed by atoms with Crippen molar-refractivity contribution in [2.24, 2.45) is 0 Å². The van der Waals surface area contributed by atoms with Gasteiger partial charge in [0.25, 0.3) is 0 Å². The van der Waals surface area contributed by atoms with Gasteiger partial charge in [-0.2, -0.15) is 10.2 Å². The second-order valence-corrected chi connectivity index (χ2v) is 7.12. The predicted octanol–water partition coefficient (Wildman–Crippen LogP) is 1.23. The first-order chi connectivity index (χ1) is 14.2. The Morgan fingerprint density at radius 1 is 1.31 bits per heavy atom. The van der Waals surface area contributed by atoms with Crippen molar-refractivity contribution in [3.63, 3.8) is 0 Å². The lowest BCUT2D eigenvalue weighted by atomic mass is 10.1. The molecule has 0 spiro atoms. The molecular formula is C20H20N8O. The molecule has 0 radical (unpaired) electrons. The molecule has 9 nitrogen and oxygen atoms in total. The average Bonchev–Trinajstić information content (AvgIpc) is 3.45. The molecule has 9 heteroatoms. The van der Waals surface area contributed by atoms with Crippen molar-refractivity contribution in [2.75, 3.05) is 26.0 Å². The summed E-state index contributed by atoms with van der Waals surface area (Å²) in [7, 11) is 1.71. The molecule has 4 N–H and O–H groups in total. The number of ether oxygens (including phenoxy) is 1. The molecule has 0 unspecified atom stereocenters. The quantitative estimate of drug-likeness (QED) is 0.452. The molecule has 1 aliphatic heterocycles. The molecule has 3 aromatic heterocycles. The summed E-state index contributed by atoms with van der Waals surface area (Å²) in [6.45, 7) is 1.45. The van der Waals surface area contributed by atoms with E-state index in [9.17, 15) is 0 Å². The minimum Gasteiger partial charge on any atom is -0.383 e. The van der Waals surface area contributed by atoms with E-state index in [1.54, 1.807) is 13.3 Å². The number of nitrogens with one attached hydrogen (secondary N) is 2. The third-order valence-electron chi connectivity index (χ3n) is 5.20. The number of rotatable bonds is 3. The number of fused-ring (bicyclic) bond motifs is 2. The van der Waals surface area contributed by atoms with Gasteiger partial charge in [0, 0.05) is 30.6 Å². The van der Waals surface area contributed by atoms with E-state index < -0.39 is 0 Å². The fraction of sp³-hybridized carbons (Fsp3) is 0.300. The van der Waals surface area contributed by atoms with Crippen LogP contribution >= 0.6 is 0 Å². The number of aromatic nitrogens is 6. The van der Waals surface area contributed by atoms with Crippen molar-refractivity contribution in [3.8, 4) is 11.8 Å². The Hall–Kier alpha value is -3.48. The third kappa shape index (κ3) is 3.18. The number of H-pyrrole nitrogens is 1. The second-order valence-electron chi connectivity index (χ2n) is 7.12. The van der Waals surface area contributed by atoms with Crippen LogP contribution in [-0.2, 0) is 4.74 Å². The maximum atomic E-state index is 6.15. The summed E-state index contributed by atoms with van der Waals surface area (Å²) < 4.78 is 7.18. The summed E-state index contributed by atoms with van der Waals surface area (Å²) in [5.74, 6) is 6.73. The second kappa shape index (κ2) is 7.16. The van der Waals surface area contributed by atoms with E-state index in [-0.39, 0.29) is 6.04 Å². The summed E-state index contributed by atoms with van der Waals surface area (Å²) in [6.07, 6.45) is 4.15. The highest BCUT2D eigenvalue weighted by Crippen LogP contribution is 2.27. The van der Waals surface area contributed by atoms with Gasteiger partial charge in [0.05, 0.1) is 29.7 Å². The molecule has 0 saturated carbocycles. The summed E-state index contributed by atoms with van der Waals surface area (Å²) in [6, 6.07) is 6.34. The van der Waals surface area contributed by atoms with Crippen molar-refractivity contribution < 1.29 is 4.74 Å². The number of nitrogens with two attached hydrogens (primary N) is 1. The molecule has 1 fully saturated rings. The molecule has 0 bridgehead atoms. The molecule has 4 heterocycles. The maximum Gasteiger partial charge on any atom is 0.164 e. The summed E-state index contributed by atoms with van der Waals surface area (Å²) >= 11 is 0. The maximum absolute atomic E-state index is 6.15. The van der Waals surface area contributed by atoms with Gasteiger partial charge in [0.1, 0.15) is 17.8 Å². The normalized spacial score (nSPS) is 18.9. The number of nitrogen functional groups attached to an aromatic ring is 1. The average molecular weight is 388 g/mol. The fourth-order valence-corrected chi connectivity index (χ4v) is 3.80. The zero-order valence-electron chi connectivity index (χ0n) is 15.9. The Labute approximate surface area is 166 Å². The van der Waals surface area contributed by atoms with Crippen LogP contribution < -0.4 is 11.1 Å². The van der Waals surface area contributed by atoms with Crippen molar-refractivity contribution in [3.05, 3.63) is 42.0 Å². The first kappa shape index (κ1) is 17.6. The number of hydrogen-bond acceptors (Lipinski definition) is 7. The van der Waals surface area contributed by atoms with Gasteiger partial charge in [0.15, 0.2) is 5.65 Å². The third-order valence-corrected chi connectivity index (χ3v) is 5.20. The van der Waals surface area contributed by atoms with Gasteiger partial charge in [-0.1, -0.05) is 5.92 Å². The van der Waals surface area contributed by atoms with Crippen molar-refractivity contribution >= 4 is 27.8 Å².